The summed E-state index contributed by atoms with van der Waals surface area (Å²) < 4.78 is 3.83. The number of rotatable bonds is 1. The molecule has 0 saturated heterocycles. The highest BCUT2D eigenvalue weighted by Crippen LogP contribution is 2.22. The van der Waals surface area contributed by atoms with Crippen molar-refractivity contribution < 1.29 is 0 Å². The van der Waals surface area contributed by atoms with Gasteiger partial charge in [0.25, 0.3) is 0 Å². The molecule has 3 heteroatoms. The van der Waals surface area contributed by atoms with E-state index in [0.29, 0.717) is 5.92 Å². The van der Waals surface area contributed by atoms with Gasteiger partial charge in [-0.1, -0.05) is 29.6 Å². The molecule has 0 saturated carbocycles. The van der Waals surface area contributed by atoms with Crippen LogP contribution >= 0.6 is 11.5 Å². The van der Waals surface area contributed by atoms with Crippen LogP contribution in [-0.2, 0) is 0 Å². The van der Waals surface area contributed by atoms with Crippen molar-refractivity contribution in [2.24, 2.45) is 5.92 Å². The molecular weight excluding hydrogens is 168 g/mol. The summed E-state index contributed by atoms with van der Waals surface area (Å²) in [5.74, 6) is 0.667. The van der Waals surface area contributed by atoms with Crippen LogP contribution in [-0.4, -0.2) is 9.59 Å². The molecule has 2 nitrogen and oxygen atoms in total. The summed E-state index contributed by atoms with van der Waals surface area (Å²) >= 11 is 1.40. The second kappa shape index (κ2) is 3.19. The average molecular weight is 178 g/mol. The highest BCUT2D eigenvalue weighted by atomic mass is 32.1. The zero-order valence-corrected chi connectivity index (χ0v) is 7.71. The van der Waals surface area contributed by atoms with Gasteiger partial charge in [-0.3, -0.25) is 0 Å². The zero-order valence-electron chi connectivity index (χ0n) is 6.90. The van der Waals surface area contributed by atoms with Crippen molar-refractivity contribution in [1.29, 1.82) is 0 Å². The molecule has 0 N–H and O–H groups in total. The molecule has 1 aromatic heterocycles. The van der Waals surface area contributed by atoms with E-state index in [1.54, 1.807) is 0 Å². The van der Waals surface area contributed by atoms with E-state index in [1.807, 2.05) is 5.38 Å². The lowest BCUT2D eigenvalue weighted by molar-refractivity contribution is 0.738. The first kappa shape index (κ1) is 7.68. The van der Waals surface area contributed by atoms with Crippen molar-refractivity contribution >= 4 is 17.1 Å². The van der Waals surface area contributed by atoms with Gasteiger partial charge in [-0.15, -0.1) is 5.10 Å². The molecule has 1 aliphatic rings. The third kappa shape index (κ3) is 1.46. The van der Waals surface area contributed by atoms with Crippen LogP contribution in [0.25, 0.3) is 5.57 Å². The summed E-state index contributed by atoms with van der Waals surface area (Å²) in [6, 6.07) is 0. The Balaban J connectivity index is 2.23. The standard InChI is InChI=1S/C9H10N2S/c1-7-2-4-8(5-3-7)9-6-12-11-10-9/h2,4-7H,3H2,1H3. The van der Waals surface area contributed by atoms with Gasteiger partial charge in [0, 0.05) is 5.38 Å². The predicted octanol–water partition coefficient (Wildman–Crippen LogP) is 2.52. The fraction of sp³-hybridized carbons (Fsp3) is 0.333. The second-order valence-corrected chi connectivity index (χ2v) is 3.63. The fourth-order valence-electron chi connectivity index (χ4n) is 1.21. The van der Waals surface area contributed by atoms with Crippen LogP contribution in [0.5, 0.6) is 0 Å². The molecule has 1 aliphatic carbocycles. The lowest BCUT2D eigenvalue weighted by atomic mass is 9.97. The van der Waals surface area contributed by atoms with Crippen LogP contribution in [0.4, 0.5) is 0 Å². The van der Waals surface area contributed by atoms with E-state index in [9.17, 15) is 0 Å². The molecule has 1 atom stereocenters. The van der Waals surface area contributed by atoms with Crippen molar-refractivity contribution in [3.63, 3.8) is 0 Å². The van der Waals surface area contributed by atoms with Gasteiger partial charge in [0.15, 0.2) is 0 Å². The van der Waals surface area contributed by atoms with E-state index in [4.69, 9.17) is 0 Å². The topological polar surface area (TPSA) is 25.8 Å². The summed E-state index contributed by atoms with van der Waals surface area (Å²) in [7, 11) is 0. The first-order chi connectivity index (χ1) is 5.86. The van der Waals surface area contributed by atoms with E-state index >= 15 is 0 Å². The molecule has 12 heavy (non-hydrogen) atoms. The normalized spacial score (nSPS) is 22.4. The lowest BCUT2D eigenvalue weighted by Crippen LogP contribution is -1.94. The molecule has 0 aromatic carbocycles. The quantitative estimate of drug-likeness (QED) is 0.660. The van der Waals surface area contributed by atoms with E-state index in [0.717, 1.165) is 12.1 Å². The van der Waals surface area contributed by atoms with Gasteiger partial charge in [0.1, 0.15) is 5.69 Å². The van der Waals surface area contributed by atoms with E-state index < -0.39 is 0 Å². The van der Waals surface area contributed by atoms with Crippen molar-refractivity contribution in [3.8, 4) is 0 Å². The minimum Gasteiger partial charge on any atom is -0.138 e. The summed E-state index contributed by atoms with van der Waals surface area (Å²) in [4.78, 5) is 0. The maximum absolute atomic E-state index is 4.01. The van der Waals surface area contributed by atoms with Gasteiger partial charge < -0.3 is 0 Å². The number of aromatic nitrogens is 2. The van der Waals surface area contributed by atoms with Crippen molar-refractivity contribution in [2.75, 3.05) is 0 Å². The third-order valence-corrected chi connectivity index (χ3v) is 2.47. The Morgan fingerprint density at radius 2 is 2.50 bits per heavy atom. The monoisotopic (exact) mass is 178 g/mol. The van der Waals surface area contributed by atoms with Crippen LogP contribution in [0.2, 0.25) is 0 Å². The molecule has 62 valence electrons. The minimum atomic E-state index is 0.667. The summed E-state index contributed by atoms with van der Waals surface area (Å²) in [6.45, 7) is 2.21. The number of allylic oxidation sites excluding steroid dienone is 4. The molecule has 0 fully saturated rings. The van der Waals surface area contributed by atoms with Crippen LogP contribution in [0.15, 0.2) is 23.6 Å². The third-order valence-electron chi connectivity index (χ3n) is 1.97. The van der Waals surface area contributed by atoms with Gasteiger partial charge >= 0.3 is 0 Å². The van der Waals surface area contributed by atoms with Crippen LogP contribution in [0.1, 0.15) is 19.0 Å². The fourth-order valence-corrected chi connectivity index (χ4v) is 1.67. The Morgan fingerprint density at radius 3 is 3.08 bits per heavy atom. The summed E-state index contributed by atoms with van der Waals surface area (Å²) in [6.07, 6.45) is 7.68. The molecule has 1 aromatic rings. The lowest BCUT2D eigenvalue weighted by Gasteiger charge is -2.08. The van der Waals surface area contributed by atoms with Crippen molar-refractivity contribution in [2.45, 2.75) is 13.3 Å². The zero-order chi connectivity index (χ0) is 8.39. The Hall–Kier alpha value is -0.960. The van der Waals surface area contributed by atoms with Gasteiger partial charge in [-0.25, -0.2) is 0 Å². The number of hydrogen-bond acceptors (Lipinski definition) is 3. The maximum atomic E-state index is 4.01. The SMILES string of the molecule is CC1C=CC(c2csnn2)=CC1. The number of nitrogens with zero attached hydrogens (tertiary/aromatic N) is 2. The smallest absolute Gasteiger partial charge is 0.105 e. The molecule has 0 radical (unpaired) electrons. The molecule has 2 rings (SSSR count). The second-order valence-electron chi connectivity index (χ2n) is 3.02. The average Bonchev–Trinajstić information content (AvgIpc) is 2.58. The van der Waals surface area contributed by atoms with Gasteiger partial charge in [-0.2, -0.15) is 0 Å². The maximum Gasteiger partial charge on any atom is 0.105 e. The van der Waals surface area contributed by atoms with Crippen molar-refractivity contribution in [3.05, 3.63) is 29.3 Å². The molecule has 0 bridgehead atoms. The number of hydrogen-bond donors (Lipinski definition) is 0. The van der Waals surface area contributed by atoms with Crippen molar-refractivity contribution in [1.82, 2.24) is 9.59 Å². The van der Waals surface area contributed by atoms with Crippen LogP contribution < -0.4 is 0 Å². The van der Waals surface area contributed by atoms with Gasteiger partial charge in [-0.05, 0) is 29.4 Å². The molecule has 0 amide bonds. The Bertz CT molecular complexity index is 311. The molecule has 1 unspecified atom stereocenters. The highest BCUT2D eigenvalue weighted by Gasteiger charge is 2.06. The molecule has 0 aliphatic heterocycles. The summed E-state index contributed by atoms with van der Waals surface area (Å²) in [5.41, 5.74) is 2.21. The minimum absolute atomic E-state index is 0.667. The largest absolute Gasteiger partial charge is 0.138 e. The first-order valence-electron chi connectivity index (χ1n) is 4.02. The summed E-state index contributed by atoms with van der Waals surface area (Å²) in [5, 5.41) is 5.99. The van der Waals surface area contributed by atoms with E-state index in [1.165, 1.54) is 17.1 Å². The van der Waals surface area contributed by atoms with Crippen LogP contribution in [0, 0.1) is 5.92 Å². The Morgan fingerprint density at radius 1 is 1.58 bits per heavy atom. The van der Waals surface area contributed by atoms with Gasteiger partial charge in [0.05, 0.1) is 0 Å². The Labute approximate surface area is 75.8 Å². The predicted molar refractivity (Wildman–Crippen MR) is 50.8 cm³/mol. The highest BCUT2D eigenvalue weighted by molar-refractivity contribution is 7.03. The molecule has 0 spiro atoms. The first-order valence-corrected chi connectivity index (χ1v) is 4.85. The Kier molecular flexibility index (Phi) is 2.04. The van der Waals surface area contributed by atoms with E-state index in [2.05, 4.69) is 34.7 Å². The van der Waals surface area contributed by atoms with Gasteiger partial charge in [0.2, 0.25) is 0 Å². The van der Waals surface area contributed by atoms with Crippen LogP contribution in [0.3, 0.4) is 0 Å². The molecular formula is C9H10N2S. The molecule has 1 heterocycles. The van der Waals surface area contributed by atoms with E-state index in [-0.39, 0.29) is 0 Å².